The summed E-state index contributed by atoms with van der Waals surface area (Å²) in [4.78, 5) is 17.4. The Morgan fingerprint density at radius 3 is 2.69 bits per heavy atom. The van der Waals surface area contributed by atoms with E-state index < -0.39 is 0 Å². The molecule has 2 fully saturated rings. The second-order valence-corrected chi connectivity index (χ2v) is 8.17. The third-order valence-electron chi connectivity index (χ3n) is 5.92. The Hall–Kier alpha value is -1.44. The van der Waals surface area contributed by atoms with Crippen LogP contribution >= 0.6 is 0 Å². The van der Waals surface area contributed by atoms with Crippen LogP contribution in [0.25, 0.3) is 0 Å². The van der Waals surface area contributed by atoms with Crippen molar-refractivity contribution < 1.29 is 9.53 Å². The van der Waals surface area contributed by atoms with E-state index in [4.69, 9.17) is 4.74 Å². The number of aromatic nitrogens is 2. The molecule has 26 heavy (non-hydrogen) atoms. The summed E-state index contributed by atoms with van der Waals surface area (Å²) < 4.78 is 5.83. The van der Waals surface area contributed by atoms with E-state index in [1.807, 2.05) is 4.90 Å². The minimum Gasteiger partial charge on any atom is -0.373 e. The summed E-state index contributed by atoms with van der Waals surface area (Å²) in [5, 5.41) is 10.7. The van der Waals surface area contributed by atoms with Gasteiger partial charge in [-0.25, -0.2) is 0 Å². The molecule has 4 rings (SSSR count). The third-order valence-corrected chi connectivity index (χ3v) is 5.92. The van der Waals surface area contributed by atoms with Gasteiger partial charge in [0.25, 0.3) is 5.91 Å². The number of rotatable bonds is 3. The number of aromatic amines is 1. The lowest BCUT2D eigenvalue weighted by molar-refractivity contribution is -0.0728. The molecule has 0 aliphatic carbocycles. The van der Waals surface area contributed by atoms with Gasteiger partial charge in [-0.3, -0.25) is 14.8 Å². The van der Waals surface area contributed by atoms with Crippen molar-refractivity contribution in [3.05, 3.63) is 17.0 Å². The van der Waals surface area contributed by atoms with E-state index in [-0.39, 0.29) is 5.91 Å². The molecule has 2 atom stereocenters. The Labute approximate surface area is 155 Å². The fourth-order valence-electron chi connectivity index (χ4n) is 4.67. The molecule has 1 amide bonds. The molecule has 3 aliphatic rings. The molecule has 4 heterocycles. The molecule has 0 aromatic carbocycles. The van der Waals surface area contributed by atoms with Crippen LogP contribution in [0.3, 0.4) is 0 Å². The zero-order valence-corrected chi connectivity index (χ0v) is 16.0. The molecule has 144 valence electrons. The number of H-pyrrole nitrogens is 1. The fourth-order valence-corrected chi connectivity index (χ4v) is 4.67. The van der Waals surface area contributed by atoms with Gasteiger partial charge in [-0.1, -0.05) is 0 Å². The zero-order chi connectivity index (χ0) is 18.1. The molecule has 1 aromatic rings. The first kappa shape index (κ1) is 17.9. The summed E-state index contributed by atoms with van der Waals surface area (Å²) in [7, 11) is 0. The summed E-state index contributed by atoms with van der Waals surface area (Å²) in [6, 6.07) is 0. The number of carbonyl (C=O) groups is 1. The van der Waals surface area contributed by atoms with E-state index >= 15 is 0 Å². The molecule has 1 aromatic heterocycles. The number of carbonyl (C=O) groups excluding carboxylic acids is 1. The van der Waals surface area contributed by atoms with Crippen LogP contribution in [0.1, 0.15) is 48.4 Å². The number of fused-ring (bicyclic) bond motifs is 1. The van der Waals surface area contributed by atoms with Crippen molar-refractivity contribution in [2.24, 2.45) is 5.92 Å². The number of morpholine rings is 1. The number of ether oxygens (including phenoxy) is 1. The molecule has 7 heteroatoms. The maximum atomic E-state index is 12.9. The van der Waals surface area contributed by atoms with Crippen LogP contribution in [0.5, 0.6) is 0 Å². The summed E-state index contributed by atoms with van der Waals surface area (Å²) in [5.74, 6) is 0.768. The van der Waals surface area contributed by atoms with E-state index in [2.05, 4.69) is 34.3 Å². The first-order valence-corrected chi connectivity index (χ1v) is 10.0. The lowest BCUT2D eigenvalue weighted by Gasteiger charge is -2.39. The summed E-state index contributed by atoms with van der Waals surface area (Å²) in [6.07, 6.45) is 3.72. The van der Waals surface area contributed by atoms with E-state index in [1.54, 1.807) is 0 Å². The van der Waals surface area contributed by atoms with Gasteiger partial charge >= 0.3 is 0 Å². The van der Waals surface area contributed by atoms with Crippen molar-refractivity contribution >= 4 is 5.91 Å². The highest BCUT2D eigenvalue weighted by Crippen LogP contribution is 2.23. The topological polar surface area (TPSA) is 73.5 Å². The Kier molecular flexibility index (Phi) is 5.29. The molecule has 0 radical (unpaired) electrons. The number of nitrogens with zero attached hydrogens (tertiary/aromatic N) is 3. The monoisotopic (exact) mass is 361 g/mol. The van der Waals surface area contributed by atoms with Gasteiger partial charge in [-0.05, 0) is 32.6 Å². The third kappa shape index (κ3) is 3.80. The molecule has 0 spiro atoms. The molecular formula is C19H31N5O2. The van der Waals surface area contributed by atoms with E-state index in [0.29, 0.717) is 23.8 Å². The van der Waals surface area contributed by atoms with E-state index in [9.17, 15) is 4.79 Å². The van der Waals surface area contributed by atoms with Gasteiger partial charge in [-0.2, -0.15) is 5.10 Å². The van der Waals surface area contributed by atoms with Crippen molar-refractivity contribution in [3.8, 4) is 0 Å². The van der Waals surface area contributed by atoms with Crippen LogP contribution < -0.4 is 5.32 Å². The highest BCUT2D eigenvalue weighted by molar-refractivity contribution is 5.94. The van der Waals surface area contributed by atoms with Crippen LogP contribution in [-0.2, 0) is 17.7 Å². The Balaban J connectivity index is 1.31. The molecule has 3 aliphatic heterocycles. The maximum Gasteiger partial charge on any atom is 0.274 e. The maximum absolute atomic E-state index is 12.9. The Bertz CT molecular complexity index is 628. The smallest absolute Gasteiger partial charge is 0.274 e. The van der Waals surface area contributed by atoms with Crippen molar-refractivity contribution in [2.45, 2.75) is 51.9 Å². The molecule has 2 saturated heterocycles. The van der Waals surface area contributed by atoms with Gasteiger partial charge in [0.15, 0.2) is 5.69 Å². The van der Waals surface area contributed by atoms with Crippen LogP contribution in [-0.4, -0.2) is 77.4 Å². The predicted octanol–water partition coefficient (Wildman–Crippen LogP) is 1.02. The van der Waals surface area contributed by atoms with Crippen molar-refractivity contribution in [2.75, 3.05) is 39.3 Å². The number of hydrogen-bond donors (Lipinski definition) is 2. The molecule has 0 bridgehead atoms. The average Bonchev–Trinajstić information content (AvgIpc) is 3.05. The van der Waals surface area contributed by atoms with Crippen molar-refractivity contribution in [3.63, 3.8) is 0 Å². The van der Waals surface area contributed by atoms with Gasteiger partial charge < -0.3 is 15.0 Å². The van der Waals surface area contributed by atoms with Crippen LogP contribution in [0.2, 0.25) is 0 Å². The zero-order valence-electron chi connectivity index (χ0n) is 16.0. The van der Waals surface area contributed by atoms with Crippen LogP contribution in [0.15, 0.2) is 0 Å². The second-order valence-electron chi connectivity index (χ2n) is 8.17. The largest absolute Gasteiger partial charge is 0.373 e. The number of likely N-dealkylation sites (tertiary alicyclic amines) is 1. The van der Waals surface area contributed by atoms with E-state index in [1.165, 1.54) is 0 Å². The first-order valence-electron chi connectivity index (χ1n) is 10.0. The van der Waals surface area contributed by atoms with Crippen molar-refractivity contribution in [1.82, 2.24) is 25.3 Å². The SMILES string of the molecule is CC1CN(CC2CCN(C(=O)c3n[nH]c4c3CNCC4)CC2)CC(C)O1. The fraction of sp³-hybridized carbons (Fsp3) is 0.789. The minimum absolute atomic E-state index is 0.0956. The molecule has 2 N–H and O–H groups in total. The summed E-state index contributed by atoms with van der Waals surface area (Å²) >= 11 is 0. The molecular weight excluding hydrogens is 330 g/mol. The Morgan fingerprint density at radius 2 is 1.96 bits per heavy atom. The first-order chi connectivity index (χ1) is 12.6. The highest BCUT2D eigenvalue weighted by atomic mass is 16.5. The lowest BCUT2D eigenvalue weighted by Crippen LogP contribution is -2.48. The second kappa shape index (κ2) is 7.66. The standard InChI is InChI=1S/C19H31N5O2/c1-13-10-23(11-14(2)26-13)12-15-4-7-24(8-5-15)19(25)18-16-9-20-6-3-17(16)21-22-18/h13-15,20H,3-12H2,1-2H3,(H,21,22). The van der Waals surface area contributed by atoms with Crippen molar-refractivity contribution in [1.29, 1.82) is 0 Å². The molecule has 0 saturated carbocycles. The van der Waals surface area contributed by atoms with Gasteiger partial charge in [0, 0.05) is 63.5 Å². The number of piperidine rings is 1. The van der Waals surface area contributed by atoms with E-state index in [0.717, 1.165) is 76.3 Å². The molecule has 2 unspecified atom stereocenters. The highest BCUT2D eigenvalue weighted by Gasteiger charge is 2.30. The summed E-state index contributed by atoms with van der Waals surface area (Å²) in [5.41, 5.74) is 2.82. The number of hydrogen-bond acceptors (Lipinski definition) is 5. The van der Waals surface area contributed by atoms with Crippen LogP contribution in [0.4, 0.5) is 0 Å². The lowest BCUT2D eigenvalue weighted by atomic mass is 9.95. The van der Waals surface area contributed by atoms with Gasteiger partial charge in [-0.15, -0.1) is 0 Å². The van der Waals surface area contributed by atoms with Gasteiger partial charge in [0.05, 0.1) is 12.2 Å². The molecule has 7 nitrogen and oxygen atoms in total. The van der Waals surface area contributed by atoms with Gasteiger partial charge in [0.1, 0.15) is 0 Å². The number of nitrogens with one attached hydrogen (secondary N) is 2. The predicted molar refractivity (Wildman–Crippen MR) is 99.1 cm³/mol. The normalized spacial score (nSPS) is 28.2. The van der Waals surface area contributed by atoms with Crippen LogP contribution in [0, 0.1) is 5.92 Å². The average molecular weight is 361 g/mol. The summed E-state index contributed by atoms with van der Waals surface area (Å²) in [6.45, 7) is 10.9. The quantitative estimate of drug-likeness (QED) is 0.841. The van der Waals surface area contributed by atoms with Gasteiger partial charge in [0.2, 0.25) is 0 Å². The minimum atomic E-state index is 0.0956. The Morgan fingerprint density at radius 1 is 1.23 bits per heavy atom. The number of amides is 1.